The standard InChI is InChI=1S/C16H17Br2NO/c1-10-4-5-12(7-14(10)18)9-19-16-11(2)6-13(17)8-15(16)20-3/h4-8,19H,9H2,1-3H3. The Morgan fingerprint density at radius 3 is 2.45 bits per heavy atom. The summed E-state index contributed by atoms with van der Waals surface area (Å²) >= 11 is 7.05. The van der Waals surface area contributed by atoms with Crippen molar-refractivity contribution < 1.29 is 4.74 Å². The van der Waals surface area contributed by atoms with E-state index >= 15 is 0 Å². The Kier molecular flexibility index (Phi) is 5.11. The smallest absolute Gasteiger partial charge is 0.143 e. The van der Waals surface area contributed by atoms with Gasteiger partial charge in [0.25, 0.3) is 0 Å². The van der Waals surface area contributed by atoms with Gasteiger partial charge in [-0.15, -0.1) is 0 Å². The normalized spacial score (nSPS) is 10.4. The maximum Gasteiger partial charge on any atom is 0.143 e. The van der Waals surface area contributed by atoms with E-state index in [1.54, 1.807) is 7.11 Å². The molecule has 0 aromatic heterocycles. The Morgan fingerprint density at radius 1 is 1.05 bits per heavy atom. The number of nitrogens with one attached hydrogen (secondary N) is 1. The summed E-state index contributed by atoms with van der Waals surface area (Å²) in [6.45, 7) is 4.92. The first-order chi connectivity index (χ1) is 9.51. The van der Waals surface area contributed by atoms with Crippen LogP contribution < -0.4 is 10.1 Å². The molecule has 0 bridgehead atoms. The number of methoxy groups -OCH3 is 1. The van der Waals surface area contributed by atoms with Crippen LogP contribution in [0.4, 0.5) is 5.69 Å². The summed E-state index contributed by atoms with van der Waals surface area (Å²) in [4.78, 5) is 0. The molecule has 106 valence electrons. The van der Waals surface area contributed by atoms with E-state index < -0.39 is 0 Å². The fourth-order valence-electron chi connectivity index (χ4n) is 2.04. The Bertz CT molecular complexity index is 626. The minimum atomic E-state index is 0.762. The molecular formula is C16H17Br2NO. The van der Waals surface area contributed by atoms with E-state index in [2.05, 4.69) is 75.3 Å². The van der Waals surface area contributed by atoms with Gasteiger partial charge < -0.3 is 10.1 Å². The summed E-state index contributed by atoms with van der Waals surface area (Å²) in [7, 11) is 1.69. The van der Waals surface area contributed by atoms with Crippen LogP contribution >= 0.6 is 31.9 Å². The van der Waals surface area contributed by atoms with Crippen LogP contribution in [0.3, 0.4) is 0 Å². The van der Waals surface area contributed by atoms with Gasteiger partial charge in [0.1, 0.15) is 5.75 Å². The van der Waals surface area contributed by atoms with Crippen molar-refractivity contribution in [3.05, 3.63) is 56.0 Å². The molecule has 0 radical (unpaired) electrons. The molecule has 0 fully saturated rings. The number of anilines is 1. The first-order valence-corrected chi connectivity index (χ1v) is 7.93. The van der Waals surface area contributed by atoms with Crippen LogP contribution in [0.15, 0.2) is 39.3 Å². The van der Waals surface area contributed by atoms with Gasteiger partial charge in [-0.25, -0.2) is 0 Å². The average molecular weight is 399 g/mol. The molecule has 2 rings (SSSR count). The van der Waals surface area contributed by atoms with Crippen LogP contribution in [-0.4, -0.2) is 7.11 Å². The number of hydrogen-bond donors (Lipinski definition) is 1. The summed E-state index contributed by atoms with van der Waals surface area (Å²) in [5.41, 5.74) is 4.66. The van der Waals surface area contributed by atoms with Crippen LogP contribution in [-0.2, 0) is 6.54 Å². The fourth-order valence-corrected chi connectivity index (χ4v) is 3.01. The van der Waals surface area contributed by atoms with Gasteiger partial charge >= 0.3 is 0 Å². The summed E-state index contributed by atoms with van der Waals surface area (Å²) in [6, 6.07) is 10.4. The number of benzene rings is 2. The molecule has 0 saturated heterocycles. The molecule has 0 saturated carbocycles. The molecule has 0 aliphatic rings. The van der Waals surface area contributed by atoms with Crippen molar-refractivity contribution in [3.63, 3.8) is 0 Å². The maximum absolute atomic E-state index is 5.44. The Morgan fingerprint density at radius 2 is 1.80 bits per heavy atom. The number of ether oxygens (including phenoxy) is 1. The summed E-state index contributed by atoms with van der Waals surface area (Å²) in [6.07, 6.45) is 0. The zero-order chi connectivity index (χ0) is 14.7. The molecule has 0 heterocycles. The van der Waals surface area contributed by atoms with Crippen molar-refractivity contribution in [1.29, 1.82) is 0 Å². The number of rotatable bonds is 4. The van der Waals surface area contributed by atoms with Crippen LogP contribution in [0.5, 0.6) is 5.75 Å². The summed E-state index contributed by atoms with van der Waals surface area (Å²) < 4.78 is 7.60. The van der Waals surface area contributed by atoms with Crippen molar-refractivity contribution in [2.24, 2.45) is 0 Å². The predicted octanol–water partition coefficient (Wildman–Crippen LogP) is 5.45. The monoisotopic (exact) mass is 397 g/mol. The third-order valence-electron chi connectivity index (χ3n) is 3.19. The minimum Gasteiger partial charge on any atom is -0.495 e. The highest BCUT2D eigenvalue weighted by atomic mass is 79.9. The summed E-state index contributed by atoms with van der Waals surface area (Å²) in [5.74, 6) is 0.850. The lowest BCUT2D eigenvalue weighted by Crippen LogP contribution is -2.03. The first-order valence-electron chi connectivity index (χ1n) is 6.34. The highest BCUT2D eigenvalue weighted by Crippen LogP contribution is 2.32. The van der Waals surface area contributed by atoms with Gasteiger partial charge in [-0.2, -0.15) is 0 Å². The SMILES string of the molecule is COc1cc(Br)cc(C)c1NCc1ccc(C)c(Br)c1. The molecule has 1 N–H and O–H groups in total. The zero-order valence-corrected chi connectivity index (χ0v) is 14.9. The lowest BCUT2D eigenvalue weighted by atomic mass is 10.1. The molecule has 0 unspecified atom stereocenters. The fraction of sp³-hybridized carbons (Fsp3) is 0.250. The molecule has 0 amide bonds. The Balaban J connectivity index is 2.20. The second kappa shape index (κ2) is 6.64. The topological polar surface area (TPSA) is 21.3 Å². The lowest BCUT2D eigenvalue weighted by Gasteiger charge is -2.15. The maximum atomic E-state index is 5.44. The quantitative estimate of drug-likeness (QED) is 0.739. The van der Waals surface area contributed by atoms with E-state index in [0.717, 1.165) is 32.5 Å². The van der Waals surface area contributed by atoms with Crippen molar-refractivity contribution in [2.45, 2.75) is 20.4 Å². The predicted molar refractivity (Wildman–Crippen MR) is 91.6 cm³/mol. The van der Waals surface area contributed by atoms with E-state index in [-0.39, 0.29) is 0 Å². The lowest BCUT2D eigenvalue weighted by molar-refractivity contribution is 0.416. The Labute approximate surface area is 136 Å². The van der Waals surface area contributed by atoms with Crippen molar-refractivity contribution >= 4 is 37.5 Å². The van der Waals surface area contributed by atoms with E-state index in [0.29, 0.717) is 0 Å². The second-order valence-corrected chi connectivity index (χ2v) is 6.51. The first kappa shape index (κ1) is 15.4. The van der Waals surface area contributed by atoms with Crippen molar-refractivity contribution in [2.75, 3.05) is 12.4 Å². The van der Waals surface area contributed by atoms with Gasteiger partial charge in [-0.3, -0.25) is 0 Å². The molecule has 0 aliphatic heterocycles. The minimum absolute atomic E-state index is 0.762. The third kappa shape index (κ3) is 3.55. The van der Waals surface area contributed by atoms with Crippen molar-refractivity contribution in [3.8, 4) is 5.75 Å². The van der Waals surface area contributed by atoms with Crippen LogP contribution in [0, 0.1) is 13.8 Å². The van der Waals surface area contributed by atoms with E-state index in [1.165, 1.54) is 11.1 Å². The number of halogens is 2. The van der Waals surface area contributed by atoms with Gasteiger partial charge in [-0.1, -0.05) is 44.0 Å². The highest BCUT2D eigenvalue weighted by molar-refractivity contribution is 9.10. The van der Waals surface area contributed by atoms with Gasteiger partial charge in [0.15, 0.2) is 0 Å². The number of hydrogen-bond acceptors (Lipinski definition) is 2. The van der Waals surface area contributed by atoms with E-state index in [1.807, 2.05) is 6.07 Å². The molecule has 2 nitrogen and oxygen atoms in total. The molecule has 0 spiro atoms. The van der Waals surface area contributed by atoms with Gasteiger partial charge in [0.05, 0.1) is 12.8 Å². The number of aryl methyl sites for hydroxylation is 2. The average Bonchev–Trinajstić information content (AvgIpc) is 2.40. The van der Waals surface area contributed by atoms with Crippen LogP contribution in [0.2, 0.25) is 0 Å². The van der Waals surface area contributed by atoms with Crippen molar-refractivity contribution in [1.82, 2.24) is 0 Å². The second-order valence-electron chi connectivity index (χ2n) is 4.74. The van der Waals surface area contributed by atoms with Gasteiger partial charge in [-0.05, 0) is 48.7 Å². The highest BCUT2D eigenvalue weighted by Gasteiger charge is 2.08. The molecule has 2 aromatic rings. The molecule has 20 heavy (non-hydrogen) atoms. The molecular weight excluding hydrogens is 382 g/mol. The molecule has 0 atom stereocenters. The third-order valence-corrected chi connectivity index (χ3v) is 4.50. The zero-order valence-electron chi connectivity index (χ0n) is 11.8. The largest absolute Gasteiger partial charge is 0.495 e. The molecule has 0 aliphatic carbocycles. The van der Waals surface area contributed by atoms with Crippen LogP contribution in [0.1, 0.15) is 16.7 Å². The van der Waals surface area contributed by atoms with E-state index in [4.69, 9.17) is 4.74 Å². The van der Waals surface area contributed by atoms with Gasteiger partial charge in [0.2, 0.25) is 0 Å². The van der Waals surface area contributed by atoms with E-state index in [9.17, 15) is 0 Å². The van der Waals surface area contributed by atoms with Gasteiger partial charge in [0, 0.05) is 15.5 Å². The molecule has 2 aromatic carbocycles. The van der Waals surface area contributed by atoms with Crippen LogP contribution in [0.25, 0.3) is 0 Å². The Hall–Kier alpha value is -1.00. The molecule has 4 heteroatoms. The summed E-state index contributed by atoms with van der Waals surface area (Å²) in [5, 5.41) is 3.46.